The van der Waals surface area contributed by atoms with Crippen LogP contribution in [-0.4, -0.2) is 41.6 Å². The average Bonchev–Trinajstić information content (AvgIpc) is 2.39. The molecule has 1 saturated heterocycles. The Bertz CT molecular complexity index is 470. The van der Waals surface area contributed by atoms with Crippen molar-refractivity contribution in [2.45, 2.75) is 51.7 Å². The first-order valence-electron chi connectivity index (χ1n) is 7.68. The van der Waals surface area contributed by atoms with Crippen molar-refractivity contribution in [1.29, 1.82) is 0 Å². The Morgan fingerprint density at radius 3 is 2.86 bits per heavy atom. The van der Waals surface area contributed by atoms with Crippen LogP contribution >= 0.6 is 0 Å². The summed E-state index contributed by atoms with van der Waals surface area (Å²) in [5.74, 6) is 0.144. The van der Waals surface area contributed by atoms with E-state index in [1.165, 1.54) is 0 Å². The normalized spacial score (nSPS) is 20.5. The number of likely N-dealkylation sites (tertiary alicyclic amines) is 1. The largest absolute Gasteiger partial charge is 0.364 e. The molecular weight excluding hydrogens is 267 g/mol. The zero-order valence-corrected chi connectivity index (χ0v) is 13.5. The van der Waals surface area contributed by atoms with Crippen molar-refractivity contribution in [1.82, 2.24) is 15.2 Å². The van der Waals surface area contributed by atoms with Crippen molar-refractivity contribution in [2.75, 3.05) is 25.5 Å². The molecule has 2 rings (SSSR count). The quantitative estimate of drug-likeness (QED) is 0.895. The highest BCUT2D eigenvalue weighted by Gasteiger charge is 2.20. The van der Waals surface area contributed by atoms with Gasteiger partial charge in [0.15, 0.2) is 11.6 Å². The van der Waals surface area contributed by atoms with Gasteiger partial charge in [0.25, 0.3) is 0 Å². The number of pyridine rings is 1. The number of nitrogens with one attached hydrogen (secondary N) is 2. The lowest BCUT2D eigenvalue weighted by Crippen LogP contribution is -2.40. The molecule has 1 fully saturated rings. The Balaban J connectivity index is 2.03. The summed E-state index contributed by atoms with van der Waals surface area (Å²) >= 11 is 0. The van der Waals surface area contributed by atoms with Gasteiger partial charge in [0, 0.05) is 36.4 Å². The number of rotatable bonds is 4. The van der Waals surface area contributed by atoms with E-state index in [0.29, 0.717) is 17.9 Å². The molecule has 1 atom stereocenters. The molecule has 118 valence electrons. The van der Waals surface area contributed by atoms with Crippen LogP contribution < -0.4 is 10.6 Å². The summed E-state index contributed by atoms with van der Waals surface area (Å²) < 4.78 is 14.5. The Hall–Kier alpha value is -1.20. The third-order valence-corrected chi connectivity index (χ3v) is 3.74. The van der Waals surface area contributed by atoms with Crippen LogP contribution in [0, 0.1) is 5.82 Å². The van der Waals surface area contributed by atoms with Crippen molar-refractivity contribution >= 4 is 5.82 Å². The van der Waals surface area contributed by atoms with Gasteiger partial charge < -0.3 is 15.5 Å². The zero-order chi connectivity index (χ0) is 15.5. The highest BCUT2D eigenvalue weighted by molar-refractivity contribution is 5.41. The molecule has 0 saturated carbocycles. The van der Waals surface area contributed by atoms with E-state index in [1.54, 1.807) is 12.3 Å². The van der Waals surface area contributed by atoms with E-state index in [0.717, 1.165) is 25.9 Å². The summed E-state index contributed by atoms with van der Waals surface area (Å²) in [6.45, 7) is 8.78. The van der Waals surface area contributed by atoms with Crippen LogP contribution in [0.4, 0.5) is 10.2 Å². The molecule has 0 radical (unpaired) electrons. The molecule has 0 bridgehead atoms. The van der Waals surface area contributed by atoms with E-state index in [1.807, 2.05) is 0 Å². The number of halogens is 1. The highest BCUT2D eigenvalue weighted by atomic mass is 19.1. The molecular formula is C16H27FN4. The van der Waals surface area contributed by atoms with Gasteiger partial charge >= 0.3 is 0 Å². The highest BCUT2D eigenvalue weighted by Crippen LogP contribution is 2.19. The Labute approximate surface area is 127 Å². The monoisotopic (exact) mass is 294 g/mol. The molecule has 1 aromatic heterocycles. The van der Waals surface area contributed by atoms with Crippen LogP contribution in [0.15, 0.2) is 12.3 Å². The number of hydrogen-bond donors (Lipinski definition) is 2. The van der Waals surface area contributed by atoms with Gasteiger partial charge in [-0.2, -0.15) is 0 Å². The molecule has 0 aliphatic carbocycles. The first-order chi connectivity index (χ1) is 9.85. The summed E-state index contributed by atoms with van der Waals surface area (Å²) in [6, 6.07) is 2.02. The number of hydrogen-bond acceptors (Lipinski definition) is 4. The minimum Gasteiger partial charge on any atom is -0.364 e. The molecule has 4 nitrogen and oxygen atoms in total. The molecule has 2 N–H and O–H groups in total. The van der Waals surface area contributed by atoms with E-state index >= 15 is 0 Å². The average molecular weight is 294 g/mol. The molecule has 5 heteroatoms. The minimum atomic E-state index is -0.234. The lowest BCUT2D eigenvalue weighted by Gasteiger charge is -2.30. The second-order valence-electron chi connectivity index (χ2n) is 6.98. The molecule has 1 unspecified atom stereocenters. The molecule has 2 heterocycles. The van der Waals surface area contributed by atoms with Gasteiger partial charge in [-0.05, 0) is 53.3 Å². The number of anilines is 1. The second kappa shape index (κ2) is 6.71. The molecule has 1 aromatic rings. The SMILES string of the molecule is CN1CCCC(Nc2nccc(CNC(C)(C)C)c2F)C1. The first kappa shape index (κ1) is 16.2. The van der Waals surface area contributed by atoms with Crippen LogP contribution in [0.3, 0.4) is 0 Å². The third-order valence-electron chi connectivity index (χ3n) is 3.74. The number of piperidine rings is 1. The second-order valence-corrected chi connectivity index (χ2v) is 6.98. The van der Waals surface area contributed by atoms with E-state index in [2.05, 4.69) is 48.3 Å². The fraction of sp³-hybridized carbons (Fsp3) is 0.688. The zero-order valence-electron chi connectivity index (χ0n) is 13.5. The summed E-state index contributed by atoms with van der Waals surface area (Å²) in [6.07, 6.45) is 3.88. The molecule has 0 spiro atoms. The van der Waals surface area contributed by atoms with Gasteiger partial charge in [0.1, 0.15) is 0 Å². The van der Waals surface area contributed by atoms with Gasteiger partial charge in [-0.15, -0.1) is 0 Å². The maximum absolute atomic E-state index is 14.5. The Morgan fingerprint density at radius 2 is 2.19 bits per heavy atom. The summed E-state index contributed by atoms with van der Waals surface area (Å²) in [5, 5.41) is 6.57. The smallest absolute Gasteiger partial charge is 0.169 e. The maximum atomic E-state index is 14.5. The fourth-order valence-electron chi connectivity index (χ4n) is 2.56. The molecule has 0 aromatic carbocycles. The van der Waals surface area contributed by atoms with Crippen LogP contribution in [0.2, 0.25) is 0 Å². The van der Waals surface area contributed by atoms with Crippen molar-refractivity contribution in [2.24, 2.45) is 0 Å². The van der Waals surface area contributed by atoms with Gasteiger partial charge in [-0.25, -0.2) is 9.37 Å². The Morgan fingerprint density at radius 1 is 1.43 bits per heavy atom. The summed E-state index contributed by atoms with van der Waals surface area (Å²) in [5.41, 5.74) is 0.627. The predicted octanol–water partition coefficient (Wildman–Crippen LogP) is 2.61. The number of nitrogens with zero attached hydrogens (tertiary/aromatic N) is 2. The van der Waals surface area contributed by atoms with Gasteiger partial charge in [-0.1, -0.05) is 0 Å². The van der Waals surface area contributed by atoms with Gasteiger partial charge in [0.05, 0.1) is 0 Å². The maximum Gasteiger partial charge on any atom is 0.169 e. The minimum absolute atomic E-state index is 0.0324. The van der Waals surface area contributed by atoms with Crippen LogP contribution in [0.1, 0.15) is 39.2 Å². The van der Waals surface area contributed by atoms with Gasteiger partial charge in [-0.3, -0.25) is 0 Å². The Kier molecular flexibility index (Phi) is 5.17. The van der Waals surface area contributed by atoms with Crippen molar-refractivity contribution in [3.63, 3.8) is 0 Å². The summed E-state index contributed by atoms with van der Waals surface area (Å²) in [4.78, 5) is 6.44. The molecule has 1 aliphatic heterocycles. The number of likely N-dealkylation sites (N-methyl/N-ethyl adjacent to an activating group) is 1. The number of aromatic nitrogens is 1. The lowest BCUT2D eigenvalue weighted by molar-refractivity contribution is 0.260. The molecule has 21 heavy (non-hydrogen) atoms. The van der Waals surface area contributed by atoms with E-state index in [4.69, 9.17) is 0 Å². The lowest BCUT2D eigenvalue weighted by atomic mass is 10.1. The molecule has 0 amide bonds. The first-order valence-corrected chi connectivity index (χ1v) is 7.68. The van der Waals surface area contributed by atoms with E-state index in [9.17, 15) is 4.39 Å². The topological polar surface area (TPSA) is 40.2 Å². The van der Waals surface area contributed by atoms with Crippen LogP contribution in [0.5, 0.6) is 0 Å². The third kappa shape index (κ3) is 4.93. The van der Waals surface area contributed by atoms with E-state index < -0.39 is 0 Å². The van der Waals surface area contributed by atoms with Crippen molar-refractivity contribution < 1.29 is 4.39 Å². The summed E-state index contributed by atoms with van der Waals surface area (Å²) in [7, 11) is 2.10. The van der Waals surface area contributed by atoms with Crippen molar-refractivity contribution in [3.05, 3.63) is 23.6 Å². The van der Waals surface area contributed by atoms with Crippen LogP contribution in [-0.2, 0) is 6.54 Å². The standard InChI is InChI=1S/C16H27FN4/c1-16(2,3)19-10-12-7-8-18-15(14(12)17)20-13-6-5-9-21(4)11-13/h7-8,13,19H,5-6,9-11H2,1-4H3,(H,18,20). The van der Waals surface area contributed by atoms with E-state index in [-0.39, 0.29) is 17.4 Å². The molecule has 1 aliphatic rings. The fourth-order valence-corrected chi connectivity index (χ4v) is 2.56. The van der Waals surface area contributed by atoms with Crippen LogP contribution in [0.25, 0.3) is 0 Å². The predicted molar refractivity (Wildman–Crippen MR) is 84.9 cm³/mol. The van der Waals surface area contributed by atoms with Gasteiger partial charge in [0.2, 0.25) is 0 Å². The van der Waals surface area contributed by atoms with Crippen molar-refractivity contribution in [3.8, 4) is 0 Å².